The van der Waals surface area contributed by atoms with Crippen LogP contribution in [0, 0.1) is 0 Å². The van der Waals surface area contributed by atoms with E-state index in [4.69, 9.17) is 36.3 Å². The molecule has 2 aliphatic heterocycles. The van der Waals surface area contributed by atoms with Gasteiger partial charge in [-0.3, -0.25) is 29.1 Å². The number of aliphatic carboxylic acids is 1. The van der Waals surface area contributed by atoms with Crippen molar-refractivity contribution in [3.05, 3.63) is 86.4 Å². The number of carboxylic acid groups (broad SMARTS) is 1. The largest absolute Gasteiger partial charge is 0.493 e. The fourth-order valence-corrected chi connectivity index (χ4v) is 9.59. The molecule has 400 valence electrons. The zero-order valence-corrected chi connectivity index (χ0v) is 44.5. The molecule has 9 rings (SSSR count). The number of aromatic amines is 3. The summed E-state index contributed by atoms with van der Waals surface area (Å²) in [6.45, 7) is 5.77. The molecular formula is C45H43F3N12O11S5. The van der Waals surface area contributed by atoms with Gasteiger partial charge in [0.25, 0.3) is 5.91 Å². The number of thiophene rings is 1. The number of methoxy groups -OCH3 is 3. The van der Waals surface area contributed by atoms with Crippen LogP contribution in [0.2, 0.25) is 0 Å². The van der Waals surface area contributed by atoms with Crippen molar-refractivity contribution in [3.8, 4) is 33.7 Å². The number of benzene rings is 2. The topological polar surface area (TPSA) is 315 Å². The van der Waals surface area contributed by atoms with Crippen molar-refractivity contribution in [3.63, 3.8) is 0 Å². The number of aromatic nitrogens is 7. The van der Waals surface area contributed by atoms with E-state index in [-0.39, 0.29) is 52.6 Å². The van der Waals surface area contributed by atoms with Crippen LogP contribution in [-0.4, -0.2) is 118 Å². The quantitative estimate of drug-likeness (QED) is 0.0180. The SMILES string of the molecule is CC(C)=N/N=C1\NC(=O)C(CC(=O)O)S1.CCOc1nonc1NC(=O)CSc1nc2ccccc2[nH]1.COc1cc(/C=C2/SC(=S)NC2=O)cc(OC)c1OC.O=c1cc(C(F)(F)F)[nH]c2n[nH]c(-c3cccs3)c12. The molecule has 76 heavy (non-hydrogen) atoms. The fourth-order valence-electron chi connectivity index (χ4n) is 6.23. The van der Waals surface area contributed by atoms with E-state index in [1.54, 1.807) is 70.7 Å². The molecule has 0 spiro atoms. The number of thiocarbonyl (C=S) groups is 1. The van der Waals surface area contributed by atoms with Crippen LogP contribution in [-0.2, 0) is 25.4 Å². The summed E-state index contributed by atoms with van der Waals surface area (Å²) in [5.41, 5.74) is 1.85. The Morgan fingerprint density at radius 2 is 1.74 bits per heavy atom. The molecule has 3 amide bonds. The van der Waals surface area contributed by atoms with Crippen LogP contribution in [0.3, 0.4) is 0 Å². The number of carbonyl (C=O) groups excluding carboxylic acids is 3. The minimum Gasteiger partial charge on any atom is -0.493 e. The van der Waals surface area contributed by atoms with Crippen molar-refractivity contribution in [2.24, 2.45) is 10.2 Å². The minimum atomic E-state index is -4.60. The number of imidazole rings is 1. The molecule has 2 aromatic carbocycles. The van der Waals surface area contributed by atoms with Crippen LogP contribution in [0.5, 0.6) is 23.1 Å². The Balaban J connectivity index is 0.000000166. The Bertz CT molecular complexity index is 3330. The molecule has 7 N–H and O–H groups in total. The molecule has 1 unspecified atom stereocenters. The molecule has 2 aliphatic rings. The lowest BCUT2D eigenvalue weighted by Gasteiger charge is -2.12. The van der Waals surface area contributed by atoms with Gasteiger partial charge in [-0.2, -0.15) is 23.4 Å². The number of amides is 3. The van der Waals surface area contributed by atoms with Gasteiger partial charge in [-0.1, -0.05) is 65.7 Å². The first-order chi connectivity index (χ1) is 36.3. The number of nitrogens with one attached hydrogen (secondary N) is 6. The molecule has 0 bridgehead atoms. The van der Waals surface area contributed by atoms with E-state index in [0.29, 0.717) is 55.2 Å². The van der Waals surface area contributed by atoms with Gasteiger partial charge >= 0.3 is 18.0 Å². The molecule has 1 atom stereocenters. The summed E-state index contributed by atoms with van der Waals surface area (Å²) in [5.74, 6) is 0.324. The highest BCUT2D eigenvalue weighted by atomic mass is 32.2. The van der Waals surface area contributed by atoms with E-state index < -0.39 is 28.5 Å². The summed E-state index contributed by atoms with van der Waals surface area (Å²) in [5, 5.41) is 39.6. The van der Waals surface area contributed by atoms with Crippen LogP contribution < -0.4 is 40.3 Å². The summed E-state index contributed by atoms with van der Waals surface area (Å²) in [6, 6.07) is 15.3. The third-order valence-electron chi connectivity index (χ3n) is 9.42. The van der Waals surface area contributed by atoms with E-state index in [1.807, 2.05) is 24.3 Å². The van der Waals surface area contributed by atoms with E-state index >= 15 is 0 Å². The first-order valence-corrected chi connectivity index (χ1v) is 25.7. The van der Waals surface area contributed by atoms with Crippen molar-refractivity contribution >= 4 is 132 Å². The smallest absolute Gasteiger partial charge is 0.431 e. The number of alkyl halides is 3. The van der Waals surface area contributed by atoms with Crippen LogP contribution in [0.25, 0.3) is 38.7 Å². The minimum absolute atomic E-state index is 0.0942. The van der Waals surface area contributed by atoms with Crippen molar-refractivity contribution in [2.75, 3.05) is 39.0 Å². The van der Waals surface area contributed by atoms with Gasteiger partial charge in [-0.05, 0) is 78.4 Å². The molecule has 7 aromatic rings. The maximum atomic E-state index is 12.6. The second-order valence-corrected chi connectivity index (χ2v) is 19.9. The van der Waals surface area contributed by atoms with Crippen LogP contribution >= 0.6 is 58.8 Å². The van der Waals surface area contributed by atoms with E-state index in [0.717, 1.165) is 38.9 Å². The second-order valence-electron chi connectivity index (χ2n) is 15.0. The molecule has 0 saturated carbocycles. The highest BCUT2D eigenvalue weighted by Gasteiger charge is 2.34. The maximum absolute atomic E-state index is 12.6. The Morgan fingerprint density at radius 3 is 2.34 bits per heavy atom. The van der Waals surface area contributed by atoms with Gasteiger partial charge in [0.05, 0.1) is 72.0 Å². The highest BCUT2D eigenvalue weighted by molar-refractivity contribution is 8.26. The lowest BCUT2D eigenvalue weighted by atomic mass is 10.1. The van der Waals surface area contributed by atoms with Crippen LogP contribution in [0.15, 0.2) is 89.7 Å². The number of H-pyrrole nitrogens is 3. The number of thioether (sulfide) groups is 3. The summed E-state index contributed by atoms with van der Waals surface area (Å²) >= 11 is 9.93. The average molecular weight is 1150 g/mol. The summed E-state index contributed by atoms with van der Waals surface area (Å²) < 4.78 is 63.6. The monoisotopic (exact) mass is 1140 g/mol. The fraction of sp³-hybridized carbons (Fsp3) is 0.244. The van der Waals surface area contributed by atoms with Crippen molar-refractivity contribution in [1.29, 1.82) is 0 Å². The molecule has 7 heterocycles. The predicted octanol–water partition coefficient (Wildman–Crippen LogP) is 7.72. The second kappa shape index (κ2) is 26.7. The van der Waals surface area contributed by atoms with Gasteiger partial charge in [0.1, 0.15) is 15.3 Å². The lowest BCUT2D eigenvalue weighted by molar-refractivity contribution is -0.141. The molecular weight excluding hydrogens is 1100 g/mol. The number of carbonyl (C=O) groups is 4. The summed E-state index contributed by atoms with van der Waals surface area (Å²) in [7, 11) is 4.62. The number of amidine groups is 1. The number of pyridine rings is 1. The Morgan fingerprint density at radius 1 is 1.00 bits per heavy atom. The first kappa shape index (κ1) is 57.5. The molecule has 5 aromatic heterocycles. The average Bonchev–Trinajstić information content (AvgIpc) is 4.26. The summed E-state index contributed by atoms with van der Waals surface area (Å²) in [6.07, 6.45) is -3.08. The highest BCUT2D eigenvalue weighted by Crippen LogP contribution is 2.40. The van der Waals surface area contributed by atoms with Crippen LogP contribution in [0.1, 0.15) is 38.4 Å². The molecule has 23 nitrogen and oxygen atoms in total. The molecule has 2 fully saturated rings. The maximum Gasteiger partial charge on any atom is 0.431 e. The Kier molecular flexibility index (Phi) is 20.2. The molecule has 0 radical (unpaired) electrons. The van der Waals surface area contributed by atoms with Gasteiger partial charge in [0, 0.05) is 11.8 Å². The van der Waals surface area contributed by atoms with E-state index in [1.165, 1.54) is 42.0 Å². The Labute approximate surface area is 449 Å². The summed E-state index contributed by atoms with van der Waals surface area (Å²) in [4.78, 5) is 68.0. The normalized spacial score (nSPS) is 14.9. The number of carboxylic acids is 1. The number of fused-ring (bicyclic) bond motifs is 2. The van der Waals surface area contributed by atoms with E-state index in [9.17, 15) is 37.1 Å². The number of anilines is 1. The van der Waals surface area contributed by atoms with Gasteiger partial charge in [-0.15, -0.1) is 16.4 Å². The molecule has 31 heteroatoms. The zero-order chi connectivity index (χ0) is 55.1. The number of hydrogen-bond acceptors (Lipinski definition) is 21. The lowest BCUT2D eigenvalue weighted by Crippen LogP contribution is -2.26. The number of halogens is 3. The van der Waals surface area contributed by atoms with E-state index in [2.05, 4.69) is 66.2 Å². The standard InChI is InChI=1S/C13H13N5O3S.C13H13NO4S2.C11H6F3N3OS.C8H11N3O3S/c1-2-20-12-11(17-21-18-12)16-10(19)7-22-13-14-8-5-3-4-6-9(8)15-13;1-16-8-4-7(5-9(17-2)11(8)18-3)6-10-12(15)14-13(19)20-10;12-11(13,14)7-4-5(18)8-9(6-2-1-3-19-6)16-17-10(8)15-7;1-4(2)10-11-8-9-7(14)5(15-8)3-6(12)13/h3-6H,2,7H2,1H3,(H,14,15)(H,16,17,19);4-6H,1-3H3,(H,14,15,19);1-4H,(H2,15,16,17,18);5H,3H2,1-2H3,(H,12,13)(H,9,11,14)/b;10-6+;;. The third-order valence-corrected chi connectivity index (χ3v) is 13.4. The number of nitrogens with zero attached hydrogens (tertiary/aromatic N) is 6. The predicted molar refractivity (Wildman–Crippen MR) is 286 cm³/mol. The number of hydrogen-bond donors (Lipinski definition) is 7. The van der Waals surface area contributed by atoms with Gasteiger partial charge < -0.3 is 50.0 Å². The van der Waals surface area contributed by atoms with Gasteiger partial charge in [0.2, 0.25) is 23.4 Å². The van der Waals surface area contributed by atoms with Crippen molar-refractivity contribution < 1.29 is 61.0 Å². The first-order valence-electron chi connectivity index (χ1n) is 21.7. The van der Waals surface area contributed by atoms with Crippen LogP contribution in [0.4, 0.5) is 19.0 Å². The van der Waals surface area contributed by atoms with Crippen molar-refractivity contribution in [2.45, 2.75) is 43.8 Å². The Hall–Kier alpha value is -7.74. The van der Waals surface area contributed by atoms with Gasteiger partial charge in [0.15, 0.2) is 32.9 Å². The van der Waals surface area contributed by atoms with Crippen molar-refractivity contribution in [1.82, 2.24) is 46.1 Å². The third kappa shape index (κ3) is 15.7. The molecule has 2 saturated heterocycles. The number of ether oxygens (including phenoxy) is 4. The molecule has 0 aliphatic carbocycles. The number of rotatable bonds is 14. The zero-order valence-electron chi connectivity index (χ0n) is 40.4. The number of para-hydroxylation sites is 2. The van der Waals surface area contributed by atoms with Gasteiger partial charge in [-0.25, -0.2) is 9.61 Å².